The van der Waals surface area contributed by atoms with Crippen molar-refractivity contribution in [3.05, 3.63) is 153 Å². The van der Waals surface area contributed by atoms with Crippen molar-refractivity contribution < 1.29 is 49.0 Å². The van der Waals surface area contributed by atoms with E-state index in [1.165, 1.54) is 76.9 Å². The van der Waals surface area contributed by atoms with E-state index < -0.39 is 0 Å². The summed E-state index contributed by atoms with van der Waals surface area (Å²) < 4.78 is 1.42. The Balaban J connectivity index is 0.000000292. The summed E-state index contributed by atoms with van der Waals surface area (Å²) in [6.45, 7) is 18.8. The number of hydrogen-bond acceptors (Lipinski definition) is 0. The molecule has 3 aliphatic carbocycles. The Kier molecular flexibility index (Phi) is 12.1. The van der Waals surface area contributed by atoms with Crippen molar-refractivity contribution in [3.8, 4) is 0 Å². The SMILES string of the molecule is CC(C)C1(C(C)(C)C)C=CC2=c3ccc(C(C)(C)C)cc3=[C-]C2=C1C1=CC=CC1.[Cl-].[Cl-].[Zr+2]=[C](c1ccccc1)c1ccccc1. The first kappa shape index (κ1) is 37.2. The molecular formula is C42H45Cl2Zr-. The third-order valence-corrected chi connectivity index (χ3v) is 10.7. The normalized spacial score (nSPS) is 18.2. The molecule has 6 rings (SSSR count). The summed E-state index contributed by atoms with van der Waals surface area (Å²) in [5, 5.41) is 2.59. The molecule has 3 aromatic rings. The van der Waals surface area contributed by atoms with Gasteiger partial charge in [-0.25, -0.2) is 0 Å². The molecule has 3 aliphatic rings. The third kappa shape index (κ3) is 7.33. The van der Waals surface area contributed by atoms with E-state index >= 15 is 0 Å². The molecular weight excluding hydrogens is 667 g/mol. The van der Waals surface area contributed by atoms with E-state index in [0.29, 0.717) is 5.92 Å². The van der Waals surface area contributed by atoms with Crippen LogP contribution in [0.4, 0.5) is 0 Å². The summed E-state index contributed by atoms with van der Waals surface area (Å²) >= 11 is 1.46. The van der Waals surface area contributed by atoms with Crippen LogP contribution in [0.2, 0.25) is 0 Å². The Morgan fingerprint density at radius 1 is 0.822 bits per heavy atom. The zero-order valence-corrected chi connectivity index (χ0v) is 31.9. The second kappa shape index (κ2) is 14.6. The van der Waals surface area contributed by atoms with Gasteiger partial charge in [-0.1, -0.05) is 115 Å². The molecule has 1 atom stereocenters. The van der Waals surface area contributed by atoms with Gasteiger partial charge in [0, 0.05) is 0 Å². The Bertz CT molecular complexity index is 1730. The second-order valence-electron chi connectivity index (χ2n) is 14.3. The number of rotatable bonds is 4. The maximum absolute atomic E-state index is 3.88. The zero-order chi connectivity index (χ0) is 31.0. The fourth-order valence-electron chi connectivity index (χ4n) is 6.97. The van der Waals surface area contributed by atoms with Crippen LogP contribution in [0.25, 0.3) is 11.6 Å². The molecule has 3 aromatic carbocycles. The van der Waals surface area contributed by atoms with Gasteiger partial charge in [0.1, 0.15) is 0 Å². The van der Waals surface area contributed by atoms with Crippen LogP contribution >= 0.6 is 0 Å². The van der Waals surface area contributed by atoms with E-state index in [1.54, 1.807) is 0 Å². The molecule has 0 aromatic heterocycles. The fraction of sp³-hybridized carbons (Fsp3) is 0.310. The van der Waals surface area contributed by atoms with Crippen LogP contribution in [0, 0.1) is 16.7 Å². The Labute approximate surface area is 299 Å². The van der Waals surface area contributed by atoms with Crippen LogP contribution in [-0.2, 0) is 29.7 Å². The first-order chi connectivity index (χ1) is 20.3. The summed E-state index contributed by atoms with van der Waals surface area (Å²) in [6, 6.07) is 28.1. The van der Waals surface area contributed by atoms with Crippen molar-refractivity contribution >= 4 is 14.9 Å². The first-order valence-corrected chi connectivity index (χ1v) is 16.9. The summed E-state index contributed by atoms with van der Waals surface area (Å²) in [5.74, 6) is 0.500. The van der Waals surface area contributed by atoms with E-state index in [-0.39, 0.29) is 41.1 Å². The summed E-state index contributed by atoms with van der Waals surface area (Å²) in [7, 11) is 0. The topological polar surface area (TPSA) is 0 Å². The average Bonchev–Trinajstić information content (AvgIpc) is 3.64. The van der Waals surface area contributed by atoms with Crippen molar-refractivity contribution in [1.29, 1.82) is 0 Å². The Morgan fingerprint density at radius 2 is 1.40 bits per heavy atom. The van der Waals surface area contributed by atoms with Gasteiger partial charge in [-0.05, 0) is 28.6 Å². The number of fused-ring (bicyclic) bond motifs is 2. The molecule has 0 amide bonds. The molecule has 0 aliphatic heterocycles. The van der Waals surface area contributed by atoms with Gasteiger partial charge in [-0.3, -0.25) is 0 Å². The van der Waals surface area contributed by atoms with E-state index in [0.717, 1.165) is 6.42 Å². The molecule has 0 saturated heterocycles. The monoisotopic (exact) mass is 709 g/mol. The number of halogens is 2. The van der Waals surface area contributed by atoms with E-state index in [4.69, 9.17) is 0 Å². The number of benzene rings is 3. The second-order valence-corrected chi connectivity index (χ2v) is 15.6. The minimum absolute atomic E-state index is 0. The molecule has 0 N–H and O–H groups in total. The van der Waals surface area contributed by atoms with E-state index in [2.05, 4.69) is 171 Å². The molecule has 45 heavy (non-hydrogen) atoms. The fourth-order valence-corrected chi connectivity index (χ4v) is 7.79. The van der Waals surface area contributed by atoms with Crippen LogP contribution in [0.3, 0.4) is 0 Å². The van der Waals surface area contributed by atoms with Crippen molar-refractivity contribution in [2.75, 3.05) is 0 Å². The molecule has 3 heteroatoms. The number of hydrogen-bond donors (Lipinski definition) is 0. The van der Waals surface area contributed by atoms with Crippen molar-refractivity contribution in [3.63, 3.8) is 0 Å². The Morgan fingerprint density at radius 3 is 1.87 bits per heavy atom. The van der Waals surface area contributed by atoms with E-state index in [1.807, 2.05) is 0 Å². The molecule has 0 radical (unpaired) electrons. The standard InChI is InChI=1S/C29H35.C13H10.2ClH.Zr/c1-19(2)29(28(6,7)8)16-15-24-23-14-13-22(27(3,4)5)17-21(23)18-25(24)26(29)20-11-9-10-12-20;1-3-7-12(8-4-1)11-13-9-5-2-6-10-13;;;/h9-11,13-17,19H,12H2,1-8H3;1-10H;2*1H;/q-1;;;;+2/p-2. The maximum atomic E-state index is 3.88. The molecule has 232 valence electrons. The summed E-state index contributed by atoms with van der Waals surface area (Å²) in [4.78, 5) is 0. The van der Waals surface area contributed by atoms with E-state index in [9.17, 15) is 0 Å². The van der Waals surface area contributed by atoms with Gasteiger partial charge in [0.05, 0.1) is 0 Å². The first-order valence-electron chi connectivity index (χ1n) is 15.6. The number of allylic oxidation sites excluding steroid dienone is 8. The zero-order valence-electron chi connectivity index (χ0n) is 27.9. The van der Waals surface area contributed by atoms with Crippen molar-refractivity contribution in [2.45, 2.75) is 67.2 Å². The van der Waals surface area contributed by atoms with Gasteiger partial charge < -0.3 is 24.8 Å². The molecule has 1 unspecified atom stereocenters. The average molecular weight is 712 g/mol. The molecule has 0 spiro atoms. The van der Waals surface area contributed by atoms with Gasteiger partial charge in [0.25, 0.3) is 0 Å². The molecule has 0 bridgehead atoms. The van der Waals surface area contributed by atoms with Crippen LogP contribution in [0.15, 0.2) is 126 Å². The molecule has 0 saturated carbocycles. The van der Waals surface area contributed by atoms with Crippen LogP contribution in [-0.4, -0.2) is 3.21 Å². The molecule has 0 heterocycles. The predicted octanol–water partition coefficient (Wildman–Crippen LogP) is 3.06. The predicted molar refractivity (Wildman–Crippen MR) is 182 cm³/mol. The summed E-state index contributed by atoms with van der Waals surface area (Å²) in [5.41, 5.74) is 9.92. The van der Waals surface area contributed by atoms with Gasteiger partial charge >= 0.3 is 99.2 Å². The van der Waals surface area contributed by atoms with Gasteiger partial charge in [0.2, 0.25) is 0 Å². The van der Waals surface area contributed by atoms with Crippen LogP contribution in [0.5, 0.6) is 0 Å². The van der Waals surface area contributed by atoms with Crippen molar-refractivity contribution in [1.82, 2.24) is 0 Å². The minimum atomic E-state index is -0.00835. The van der Waals surface area contributed by atoms with Crippen LogP contribution < -0.4 is 35.3 Å². The summed E-state index contributed by atoms with van der Waals surface area (Å²) in [6.07, 6.45) is 16.6. The molecule has 0 fully saturated rings. The van der Waals surface area contributed by atoms with Crippen molar-refractivity contribution in [2.24, 2.45) is 16.7 Å². The Hall–Kier alpha value is -2.31. The van der Waals surface area contributed by atoms with Crippen LogP contribution in [0.1, 0.15) is 78.5 Å². The van der Waals surface area contributed by atoms with Gasteiger partial charge in [-0.15, -0.1) is 33.7 Å². The molecule has 0 nitrogen and oxygen atoms in total. The third-order valence-electron chi connectivity index (χ3n) is 9.25. The van der Waals surface area contributed by atoms with Gasteiger partial charge in [0.15, 0.2) is 0 Å². The van der Waals surface area contributed by atoms with Gasteiger partial charge in [-0.2, -0.15) is 0 Å². The quantitative estimate of drug-likeness (QED) is 0.366.